The molecule has 0 fully saturated rings. The van der Waals surface area contributed by atoms with Crippen LogP contribution < -0.4 is 5.32 Å². The van der Waals surface area contributed by atoms with Crippen LogP contribution in [0, 0.1) is 0 Å². The first-order valence-electron chi connectivity index (χ1n) is 6.97. The number of nitrogens with one attached hydrogen (secondary N) is 1. The van der Waals surface area contributed by atoms with Crippen LogP contribution in [0.25, 0.3) is 10.8 Å². The summed E-state index contributed by atoms with van der Waals surface area (Å²) in [5.74, 6) is -0.0611. The predicted octanol–water partition coefficient (Wildman–Crippen LogP) is 2.66. The van der Waals surface area contributed by atoms with Crippen LogP contribution in [0.1, 0.15) is 25.8 Å². The Balaban J connectivity index is 1.99. The maximum Gasteiger partial charge on any atom is 0.224 e. The summed E-state index contributed by atoms with van der Waals surface area (Å²) in [4.78, 5) is 11.9. The summed E-state index contributed by atoms with van der Waals surface area (Å²) in [6.45, 7) is 3.91. The SMILES string of the molecule is CCC(C)(O)CNC(=O)Cc1ccc2ccccc2c1. The molecule has 0 radical (unpaired) electrons. The van der Waals surface area contributed by atoms with Gasteiger partial charge < -0.3 is 10.4 Å². The minimum absolute atomic E-state index is 0.0611. The van der Waals surface area contributed by atoms with Crippen molar-refractivity contribution in [1.82, 2.24) is 5.32 Å². The van der Waals surface area contributed by atoms with Gasteiger partial charge in [0.1, 0.15) is 0 Å². The highest BCUT2D eigenvalue weighted by molar-refractivity contribution is 5.85. The third-order valence-electron chi connectivity index (χ3n) is 3.61. The molecular weight excluding hydrogens is 250 g/mol. The zero-order chi connectivity index (χ0) is 14.6. The minimum Gasteiger partial charge on any atom is -0.388 e. The van der Waals surface area contributed by atoms with Crippen molar-refractivity contribution < 1.29 is 9.90 Å². The standard InChI is InChI=1S/C17H21NO2/c1-3-17(2,20)12-18-16(19)11-13-8-9-14-6-4-5-7-15(14)10-13/h4-10,20H,3,11-12H2,1-2H3,(H,18,19). The zero-order valence-electron chi connectivity index (χ0n) is 12.0. The van der Waals surface area contributed by atoms with Crippen molar-refractivity contribution in [2.75, 3.05) is 6.54 Å². The highest BCUT2D eigenvalue weighted by Crippen LogP contribution is 2.16. The van der Waals surface area contributed by atoms with E-state index in [9.17, 15) is 9.90 Å². The number of hydrogen-bond acceptors (Lipinski definition) is 2. The van der Waals surface area contributed by atoms with Crippen molar-refractivity contribution >= 4 is 16.7 Å². The van der Waals surface area contributed by atoms with E-state index in [1.807, 2.05) is 43.3 Å². The molecule has 0 spiro atoms. The van der Waals surface area contributed by atoms with Gasteiger partial charge in [-0.2, -0.15) is 0 Å². The van der Waals surface area contributed by atoms with E-state index in [4.69, 9.17) is 0 Å². The lowest BCUT2D eigenvalue weighted by Crippen LogP contribution is -2.40. The lowest BCUT2D eigenvalue weighted by atomic mass is 10.0. The van der Waals surface area contributed by atoms with E-state index < -0.39 is 5.60 Å². The number of hydrogen-bond donors (Lipinski definition) is 2. The third-order valence-corrected chi connectivity index (χ3v) is 3.61. The Kier molecular flexibility index (Phi) is 4.40. The second-order valence-corrected chi connectivity index (χ2v) is 5.49. The van der Waals surface area contributed by atoms with Crippen molar-refractivity contribution in [3.05, 3.63) is 48.0 Å². The van der Waals surface area contributed by atoms with Gasteiger partial charge in [0.25, 0.3) is 0 Å². The molecule has 0 saturated heterocycles. The molecular formula is C17H21NO2. The fourth-order valence-corrected chi connectivity index (χ4v) is 2.01. The minimum atomic E-state index is -0.834. The molecule has 0 saturated carbocycles. The van der Waals surface area contributed by atoms with Crippen LogP contribution in [0.15, 0.2) is 42.5 Å². The van der Waals surface area contributed by atoms with Crippen molar-refractivity contribution in [1.29, 1.82) is 0 Å². The molecule has 0 aliphatic carbocycles. The summed E-state index contributed by atoms with van der Waals surface area (Å²) >= 11 is 0. The zero-order valence-corrected chi connectivity index (χ0v) is 12.0. The average Bonchev–Trinajstić information content (AvgIpc) is 2.45. The number of carbonyl (C=O) groups is 1. The molecule has 0 aromatic heterocycles. The normalized spacial score (nSPS) is 13.9. The summed E-state index contributed by atoms with van der Waals surface area (Å²) in [5.41, 5.74) is 0.149. The van der Waals surface area contributed by atoms with Crippen LogP contribution in [0.3, 0.4) is 0 Å². The van der Waals surface area contributed by atoms with Crippen LogP contribution in [0.2, 0.25) is 0 Å². The molecule has 2 N–H and O–H groups in total. The molecule has 1 atom stereocenters. The molecule has 3 heteroatoms. The Morgan fingerprint density at radius 3 is 2.60 bits per heavy atom. The van der Waals surface area contributed by atoms with E-state index >= 15 is 0 Å². The van der Waals surface area contributed by atoms with E-state index in [0.29, 0.717) is 12.8 Å². The van der Waals surface area contributed by atoms with E-state index in [0.717, 1.165) is 10.9 Å². The average molecular weight is 271 g/mol. The highest BCUT2D eigenvalue weighted by Gasteiger charge is 2.18. The Morgan fingerprint density at radius 2 is 1.90 bits per heavy atom. The van der Waals surface area contributed by atoms with Crippen molar-refractivity contribution in [2.45, 2.75) is 32.3 Å². The van der Waals surface area contributed by atoms with E-state index in [2.05, 4.69) is 11.4 Å². The first-order valence-corrected chi connectivity index (χ1v) is 6.97. The summed E-state index contributed by atoms with van der Waals surface area (Å²) < 4.78 is 0. The van der Waals surface area contributed by atoms with Crippen LogP contribution in [-0.4, -0.2) is 23.2 Å². The van der Waals surface area contributed by atoms with Gasteiger partial charge >= 0.3 is 0 Å². The molecule has 20 heavy (non-hydrogen) atoms. The molecule has 106 valence electrons. The molecule has 2 aromatic carbocycles. The molecule has 0 heterocycles. The van der Waals surface area contributed by atoms with Crippen molar-refractivity contribution in [3.63, 3.8) is 0 Å². The number of carbonyl (C=O) groups excluding carboxylic acids is 1. The second kappa shape index (κ2) is 6.06. The van der Waals surface area contributed by atoms with E-state index in [1.54, 1.807) is 6.92 Å². The molecule has 2 aromatic rings. The highest BCUT2D eigenvalue weighted by atomic mass is 16.3. The molecule has 0 bridgehead atoms. The molecule has 0 aliphatic rings. The number of aliphatic hydroxyl groups is 1. The lowest BCUT2D eigenvalue weighted by Gasteiger charge is -2.21. The number of amides is 1. The van der Waals surface area contributed by atoms with E-state index in [1.165, 1.54) is 5.39 Å². The summed E-state index contributed by atoms with van der Waals surface area (Å²) in [7, 11) is 0. The van der Waals surface area contributed by atoms with Crippen LogP contribution in [0.4, 0.5) is 0 Å². The summed E-state index contributed by atoms with van der Waals surface area (Å²) in [6.07, 6.45) is 0.952. The molecule has 3 nitrogen and oxygen atoms in total. The topological polar surface area (TPSA) is 49.3 Å². The Bertz CT molecular complexity index is 605. The lowest BCUT2D eigenvalue weighted by molar-refractivity contribution is -0.121. The van der Waals surface area contributed by atoms with Gasteiger partial charge in [-0.1, -0.05) is 49.4 Å². The van der Waals surface area contributed by atoms with Gasteiger partial charge in [0.05, 0.1) is 12.0 Å². The smallest absolute Gasteiger partial charge is 0.224 e. The van der Waals surface area contributed by atoms with Gasteiger partial charge in [-0.25, -0.2) is 0 Å². The van der Waals surface area contributed by atoms with E-state index in [-0.39, 0.29) is 12.5 Å². The first-order chi connectivity index (χ1) is 9.50. The quantitative estimate of drug-likeness (QED) is 0.878. The van der Waals surface area contributed by atoms with Gasteiger partial charge in [-0.15, -0.1) is 0 Å². The van der Waals surface area contributed by atoms with Crippen molar-refractivity contribution in [2.24, 2.45) is 0 Å². The molecule has 1 unspecified atom stereocenters. The van der Waals surface area contributed by atoms with Crippen LogP contribution in [-0.2, 0) is 11.2 Å². The Labute approximate surface area is 119 Å². The van der Waals surface area contributed by atoms with Gasteiger partial charge in [0, 0.05) is 6.54 Å². The van der Waals surface area contributed by atoms with Gasteiger partial charge in [-0.3, -0.25) is 4.79 Å². The van der Waals surface area contributed by atoms with Gasteiger partial charge in [0.15, 0.2) is 0 Å². The summed E-state index contributed by atoms with van der Waals surface area (Å²) in [5, 5.41) is 15.0. The predicted molar refractivity (Wildman–Crippen MR) is 81.6 cm³/mol. The van der Waals surface area contributed by atoms with Crippen molar-refractivity contribution in [3.8, 4) is 0 Å². The van der Waals surface area contributed by atoms with Crippen LogP contribution in [0.5, 0.6) is 0 Å². The van der Waals surface area contributed by atoms with Crippen LogP contribution >= 0.6 is 0 Å². The first kappa shape index (κ1) is 14.5. The van der Waals surface area contributed by atoms with Gasteiger partial charge in [0.2, 0.25) is 5.91 Å². The molecule has 2 rings (SSSR count). The Hall–Kier alpha value is -1.87. The number of fused-ring (bicyclic) bond motifs is 1. The Morgan fingerprint density at radius 1 is 1.20 bits per heavy atom. The van der Waals surface area contributed by atoms with Gasteiger partial charge in [-0.05, 0) is 29.7 Å². The maximum absolute atomic E-state index is 11.9. The fourth-order valence-electron chi connectivity index (χ4n) is 2.01. The third kappa shape index (κ3) is 3.81. The number of benzene rings is 2. The molecule has 1 amide bonds. The largest absolute Gasteiger partial charge is 0.388 e. The fraction of sp³-hybridized carbons (Fsp3) is 0.353. The number of rotatable bonds is 5. The summed E-state index contributed by atoms with van der Waals surface area (Å²) in [6, 6.07) is 14.1. The second-order valence-electron chi connectivity index (χ2n) is 5.49. The molecule has 0 aliphatic heterocycles. The maximum atomic E-state index is 11.9. The monoisotopic (exact) mass is 271 g/mol.